The van der Waals surface area contributed by atoms with Gasteiger partial charge < -0.3 is 10.1 Å². The third-order valence-electron chi connectivity index (χ3n) is 1.45. The largest absolute Gasteiger partial charge is 0.368 e. The summed E-state index contributed by atoms with van der Waals surface area (Å²) in [6.07, 6.45) is -1.88. The highest BCUT2D eigenvalue weighted by Crippen LogP contribution is 2.22. The lowest BCUT2D eigenvalue weighted by atomic mass is 10.2. The van der Waals surface area contributed by atoms with Crippen LogP contribution in [0.3, 0.4) is 0 Å². The standard InChI is InChI=1S/C6H8F2N2O3/c1-2-13-4-6(7,8)3(11)9-5(12)10-4/h4H,2H2,1H3,(H2,9,10,11,12). The third-order valence-corrected chi connectivity index (χ3v) is 1.45. The lowest BCUT2D eigenvalue weighted by molar-refractivity contribution is -0.177. The molecule has 1 aliphatic rings. The number of ether oxygens (including phenoxy) is 1. The number of halogens is 2. The number of nitrogens with one attached hydrogen (secondary N) is 2. The maximum Gasteiger partial charge on any atom is 0.368 e. The molecule has 0 radical (unpaired) electrons. The van der Waals surface area contributed by atoms with Crippen LogP contribution in [0.15, 0.2) is 0 Å². The zero-order valence-corrected chi connectivity index (χ0v) is 6.77. The molecule has 5 nitrogen and oxygen atoms in total. The van der Waals surface area contributed by atoms with E-state index in [1.54, 1.807) is 5.32 Å². The number of carbonyl (C=O) groups is 2. The Kier molecular flexibility index (Phi) is 2.46. The molecule has 1 saturated heterocycles. The first-order valence-electron chi connectivity index (χ1n) is 3.60. The second-order valence-electron chi connectivity index (χ2n) is 2.39. The first-order chi connectivity index (χ1) is 5.98. The van der Waals surface area contributed by atoms with Gasteiger partial charge >= 0.3 is 17.9 Å². The van der Waals surface area contributed by atoms with E-state index in [-0.39, 0.29) is 6.61 Å². The highest BCUT2D eigenvalue weighted by Gasteiger charge is 2.53. The van der Waals surface area contributed by atoms with Crippen LogP contribution in [0.2, 0.25) is 0 Å². The van der Waals surface area contributed by atoms with Crippen molar-refractivity contribution in [3.05, 3.63) is 0 Å². The van der Waals surface area contributed by atoms with Gasteiger partial charge in [0.25, 0.3) is 0 Å². The fourth-order valence-corrected chi connectivity index (χ4v) is 0.864. The Morgan fingerprint density at radius 1 is 1.54 bits per heavy atom. The van der Waals surface area contributed by atoms with Gasteiger partial charge in [-0.05, 0) is 6.92 Å². The molecule has 0 bridgehead atoms. The molecular formula is C6H8F2N2O3. The average molecular weight is 194 g/mol. The molecule has 1 atom stereocenters. The quantitative estimate of drug-likeness (QED) is 0.641. The van der Waals surface area contributed by atoms with Crippen LogP contribution in [0.5, 0.6) is 0 Å². The zero-order chi connectivity index (χ0) is 10.1. The van der Waals surface area contributed by atoms with Gasteiger partial charge in [-0.3, -0.25) is 10.1 Å². The Morgan fingerprint density at radius 3 is 2.69 bits per heavy atom. The minimum atomic E-state index is -3.72. The van der Waals surface area contributed by atoms with Crippen LogP contribution in [0, 0.1) is 0 Å². The molecule has 0 aromatic carbocycles. The van der Waals surface area contributed by atoms with Gasteiger partial charge in [0.15, 0.2) is 0 Å². The minimum Gasteiger partial charge on any atom is -0.352 e. The highest BCUT2D eigenvalue weighted by molar-refractivity contribution is 6.01. The van der Waals surface area contributed by atoms with Crippen LogP contribution in [0.25, 0.3) is 0 Å². The number of hydrogen-bond acceptors (Lipinski definition) is 3. The number of imide groups is 1. The van der Waals surface area contributed by atoms with E-state index in [0.29, 0.717) is 0 Å². The Bertz CT molecular complexity index is 244. The van der Waals surface area contributed by atoms with Gasteiger partial charge in [0.2, 0.25) is 6.23 Å². The summed E-state index contributed by atoms with van der Waals surface area (Å²) in [5.41, 5.74) is 0. The summed E-state index contributed by atoms with van der Waals surface area (Å²) in [5.74, 6) is -5.36. The number of alkyl halides is 2. The van der Waals surface area contributed by atoms with E-state index >= 15 is 0 Å². The molecule has 74 valence electrons. The fourth-order valence-electron chi connectivity index (χ4n) is 0.864. The van der Waals surface area contributed by atoms with E-state index in [9.17, 15) is 18.4 Å². The van der Waals surface area contributed by atoms with Gasteiger partial charge in [0, 0.05) is 6.61 Å². The number of amides is 3. The van der Waals surface area contributed by atoms with Crippen LogP contribution in [0.4, 0.5) is 13.6 Å². The van der Waals surface area contributed by atoms with E-state index < -0.39 is 24.1 Å². The van der Waals surface area contributed by atoms with Crippen LogP contribution in [0.1, 0.15) is 6.92 Å². The molecule has 0 saturated carbocycles. The minimum absolute atomic E-state index is 0.0200. The van der Waals surface area contributed by atoms with Crippen molar-refractivity contribution in [2.45, 2.75) is 19.1 Å². The molecule has 1 fully saturated rings. The monoisotopic (exact) mass is 194 g/mol. The van der Waals surface area contributed by atoms with Crippen molar-refractivity contribution >= 4 is 11.9 Å². The number of urea groups is 1. The van der Waals surface area contributed by atoms with Crippen molar-refractivity contribution < 1.29 is 23.1 Å². The second-order valence-corrected chi connectivity index (χ2v) is 2.39. The number of hydrogen-bond donors (Lipinski definition) is 2. The Balaban J connectivity index is 2.78. The molecule has 1 aliphatic heterocycles. The van der Waals surface area contributed by atoms with Crippen molar-refractivity contribution in [2.75, 3.05) is 6.61 Å². The van der Waals surface area contributed by atoms with E-state index in [0.717, 1.165) is 0 Å². The summed E-state index contributed by atoms with van der Waals surface area (Å²) < 4.78 is 30.2. The molecular weight excluding hydrogens is 186 g/mol. The lowest BCUT2D eigenvalue weighted by Gasteiger charge is -2.30. The number of carbonyl (C=O) groups excluding carboxylic acids is 2. The zero-order valence-electron chi connectivity index (χ0n) is 6.77. The predicted molar refractivity (Wildman–Crippen MR) is 37.0 cm³/mol. The molecule has 0 spiro atoms. The fraction of sp³-hybridized carbons (Fsp3) is 0.667. The van der Waals surface area contributed by atoms with Gasteiger partial charge in [-0.15, -0.1) is 0 Å². The van der Waals surface area contributed by atoms with Crippen molar-refractivity contribution in [3.63, 3.8) is 0 Å². The SMILES string of the molecule is CCOC1NC(=O)NC(=O)C1(F)F. The Labute approximate surface area is 72.4 Å². The van der Waals surface area contributed by atoms with E-state index in [2.05, 4.69) is 4.74 Å². The van der Waals surface area contributed by atoms with Gasteiger partial charge in [-0.2, -0.15) is 8.78 Å². The molecule has 1 rings (SSSR count). The van der Waals surface area contributed by atoms with E-state index in [4.69, 9.17) is 0 Å². The van der Waals surface area contributed by atoms with Gasteiger partial charge in [-0.1, -0.05) is 0 Å². The molecule has 1 heterocycles. The van der Waals surface area contributed by atoms with Crippen molar-refractivity contribution in [2.24, 2.45) is 0 Å². The number of rotatable bonds is 2. The third kappa shape index (κ3) is 1.74. The maximum absolute atomic E-state index is 12.9. The summed E-state index contributed by atoms with van der Waals surface area (Å²) in [6.45, 7) is 1.46. The maximum atomic E-state index is 12.9. The topological polar surface area (TPSA) is 67.4 Å². The molecule has 7 heteroatoms. The van der Waals surface area contributed by atoms with E-state index in [1.807, 2.05) is 0 Å². The highest BCUT2D eigenvalue weighted by atomic mass is 19.3. The van der Waals surface area contributed by atoms with Crippen LogP contribution in [-0.2, 0) is 9.53 Å². The first kappa shape index (κ1) is 9.85. The molecule has 2 N–H and O–H groups in total. The average Bonchev–Trinajstić information content (AvgIpc) is 2.01. The van der Waals surface area contributed by atoms with Crippen LogP contribution in [-0.4, -0.2) is 30.7 Å². The van der Waals surface area contributed by atoms with Gasteiger partial charge in [-0.25, -0.2) is 4.79 Å². The van der Waals surface area contributed by atoms with E-state index in [1.165, 1.54) is 12.2 Å². The molecule has 0 aromatic rings. The normalized spacial score (nSPS) is 26.5. The first-order valence-corrected chi connectivity index (χ1v) is 3.60. The lowest BCUT2D eigenvalue weighted by Crippen LogP contribution is -2.65. The summed E-state index contributed by atoms with van der Waals surface area (Å²) in [7, 11) is 0. The smallest absolute Gasteiger partial charge is 0.352 e. The molecule has 0 aromatic heterocycles. The van der Waals surface area contributed by atoms with Crippen LogP contribution < -0.4 is 10.6 Å². The van der Waals surface area contributed by atoms with Crippen molar-refractivity contribution in [3.8, 4) is 0 Å². The summed E-state index contributed by atoms with van der Waals surface area (Å²) in [4.78, 5) is 21.2. The van der Waals surface area contributed by atoms with Crippen molar-refractivity contribution in [1.82, 2.24) is 10.6 Å². The second kappa shape index (κ2) is 3.25. The molecule has 1 unspecified atom stereocenters. The summed E-state index contributed by atoms with van der Waals surface area (Å²) in [5, 5.41) is 3.23. The molecule has 0 aliphatic carbocycles. The molecule has 13 heavy (non-hydrogen) atoms. The van der Waals surface area contributed by atoms with Gasteiger partial charge in [0.1, 0.15) is 0 Å². The van der Waals surface area contributed by atoms with Crippen molar-refractivity contribution in [1.29, 1.82) is 0 Å². The summed E-state index contributed by atoms with van der Waals surface area (Å²) >= 11 is 0. The summed E-state index contributed by atoms with van der Waals surface area (Å²) in [6, 6.07) is -0.977. The molecule has 3 amide bonds. The van der Waals surface area contributed by atoms with Crippen LogP contribution >= 0.6 is 0 Å². The Hall–Kier alpha value is -1.24. The van der Waals surface area contributed by atoms with Gasteiger partial charge in [0.05, 0.1) is 0 Å². The Morgan fingerprint density at radius 2 is 2.15 bits per heavy atom. The predicted octanol–water partition coefficient (Wildman–Crippen LogP) is -0.176.